The van der Waals surface area contributed by atoms with Crippen molar-refractivity contribution in [1.82, 2.24) is 24.5 Å². The van der Waals surface area contributed by atoms with E-state index < -0.39 is 17.7 Å². The number of nitrogens with zero attached hydrogens (tertiary/aromatic N) is 6. The number of halogens is 3. The second-order valence-electron chi connectivity index (χ2n) is 13.3. The van der Waals surface area contributed by atoms with Crippen molar-refractivity contribution in [3.05, 3.63) is 48.2 Å². The maximum Gasteiger partial charge on any atom is 0.394 e. The second-order valence-corrected chi connectivity index (χ2v) is 14.1. The summed E-state index contributed by atoms with van der Waals surface area (Å²) in [5, 5.41) is 24.7. The number of fused-ring (bicyclic) bond motifs is 6. The molecule has 2 atom stereocenters. The summed E-state index contributed by atoms with van der Waals surface area (Å²) in [5.41, 5.74) is -1.57. The van der Waals surface area contributed by atoms with Crippen LogP contribution >= 0.6 is 11.9 Å². The number of carbonyl (C=O) groups is 1. The van der Waals surface area contributed by atoms with Crippen LogP contribution < -0.4 is 19.3 Å². The van der Waals surface area contributed by atoms with E-state index in [2.05, 4.69) is 28.6 Å². The van der Waals surface area contributed by atoms with E-state index in [0.717, 1.165) is 31.2 Å². The lowest BCUT2D eigenvalue weighted by molar-refractivity contribution is -0.190. The van der Waals surface area contributed by atoms with Gasteiger partial charge in [0.15, 0.2) is 5.82 Å². The number of β-amino-alcohol motifs (C(OH)–C–C–N with tert-alkyl or cyclic N) is 1. The highest BCUT2D eigenvalue weighted by atomic mass is 32.2. The first-order valence-electron chi connectivity index (χ1n) is 15.9. The molecule has 0 radical (unpaired) electrons. The number of ether oxygens (including phenoxy) is 1. The number of amides is 1. The van der Waals surface area contributed by atoms with Gasteiger partial charge in [-0.15, -0.1) is 5.10 Å². The number of aliphatic hydroxyl groups excluding tert-OH is 2. The van der Waals surface area contributed by atoms with Crippen molar-refractivity contribution in [2.45, 2.75) is 75.2 Å². The maximum atomic E-state index is 13.7. The number of hydrogen-bond acceptors (Lipinski definition) is 10. The summed E-state index contributed by atoms with van der Waals surface area (Å²) < 4.78 is 49.9. The molecule has 0 spiro atoms. The predicted octanol–water partition coefficient (Wildman–Crippen LogP) is 4.77. The van der Waals surface area contributed by atoms with Crippen LogP contribution in [0.4, 0.5) is 24.8 Å². The third-order valence-corrected chi connectivity index (χ3v) is 10.1. The minimum Gasteiger partial charge on any atom is -0.477 e. The Kier molecular flexibility index (Phi) is 9.33. The van der Waals surface area contributed by atoms with E-state index in [4.69, 9.17) is 14.7 Å². The van der Waals surface area contributed by atoms with Crippen LogP contribution in [0.5, 0.6) is 5.88 Å². The normalized spacial score (nSPS) is 21.3. The lowest BCUT2D eigenvalue weighted by Gasteiger charge is -2.34. The van der Waals surface area contributed by atoms with Gasteiger partial charge in [-0.25, -0.2) is 14.6 Å². The van der Waals surface area contributed by atoms with Crippen LogP contribution in [0.15, 0.2) is 47.6 Å². The summed E-state index contributed by atoms with van der Waals surface area (Å²) in [6, 6.07) is 10.5. The predicted molar refractivity (Wildman–Crippen MR) is 171 cm³/mol. The molecular weight excluding hydrogens is 635 g/mol. The highest BCUT2D eigenvalue weighted by molar-refractivity contribution is 7.97. The first-order chi connectivity index (χ1) is 22.4. The average Bonchev–Trinajstić information content (AvgIpc) is 3.59. The summed E-state index contributed by atoms with van der Waals surface area (Å²) in [6.07, 6.45) is -0.743. The molecule has 0 aromatic carbocycles. The standard InChI is InChI=1S/C32H40F3N7O4S/c1-30(2)17-21-5-4-14-40(19-22(44)20-43)24-6-3-7-27(36-24)47-39-29(45)23-8-9-25(37-28(23)41(30)18-21)42-15-10-26(38-42)46-16-13-31(11-12-31)32(33,34)35/h3,6-10,15,21-22,43-44H,4-5,11-14,16-20H2,1-2H3,(H,39,45). The zero-order valence-electron chi connectivity index (χ0n) is 26.4. The van der Waals surface area contributed by atoms with Gasteiger partial charge in [0.1, 0.15) is 16.7 Å². The average molecular weight is 676 g/mol. The summed E-state index contributed by atoms with van der Waals surface area (Å²) in [7, 11) is 0. The number of aromatic nitrogens is 4. The van der Waals surface area contributed by atoms with Crippen LogP contribution in [0.1, 0.15) is 62.7 Å². The molecule has 1 saturated carbocycles. The zero-order valence-corrected chi connectivity index (χ0v) is 27.2. The Morgan fingerprint density at radius 1 is 1.15 bits per heavy atom. The fourth-order valence-electron chi connectivity index (χ4n) is 6.56. The Morgan fingerprint density at radius 3 is 2.70 bits per heavy atom. The summed E-state index contributed by atoms with van der Waals surface area (Å²) in [6.45, 7) is 5.37. The molecule has 1 amide bonds. The highest BCUT2D eigenvalue weighted by Gasteiger charge is 2.62. The van der Waals surface area contributed by atoms with E-state index in [1.807, 2.05) is 17.0 Å². The molecule has 3 aliphatic rings. The van der Waals surface area contributed by atoms with Crippen LogP contribution in [0.2, 0.25) is 0 Å². The van der Waals surface area contributed by atoms with Crippen molar-refractivity contribution in [3.63, 3.8) is 0 Å². The fraction of sp³-hybridized carbons (Fsp3) is 0.562. The third kappa shape index (κ3) is 7.31. The smallest absolute Gasteiger partial charge is 0.394 e. The van der Waals surface area contributed by atoms with E-state index in [1.165, 1.54) is 4.68 Å². The van der Waals surface area contributed by atoms with Gasteiger partial charge >= 0.3 is 6.18 Å². The van der Waals surface area contributed by atoms with Crippen LogP contribution in [-0.2, 0) is 0 Å². The first kappa shape index (κ1) is 33.3. The molecule has 4 bridgehead atoms. The number of alkyl halides is 3. The molecule has 2 unspecified atom stereocenters. The van der Waals surface area contributed by atoms with E-state index in [9.17, 15) is 28.2 Å². The first-order valence-corrected chi connectivity index (χ1v) is 16.7. The topological polar surface area (TPSA) is 129 Å². The SMILES string of the molecule is CC1(C)CC2CCCN(CC(O)CO)c3cccc(n3)SNC(=O)c3ccc(-n4ccc(OCCC5(C(F)(F)F)CC5)n4)nc3N1C2. The van der Waals surface area contributed by atoms with Crippen LogP contribution in [-0.4, -0.2) is 86.5 Å². The van der Waals surface area contributed by atoms with Crippen LogP contribution in [0.3, 0.4) is 0 Å². The Labute approximate surface area is 275 Å². The quantitative estimate of drug-likeness (QED) is 0.288. The fourth-order valence-corrected chi connectivity index (χ4v) is 7.16. The molecule has 3 N–H and O–H groups in total. The molecule has 6 rings (SSSR count). The van der Waals surface area contributed by atoms with Gasteiger partial charge in [-0.2, -0.15) is 13.2 Å². The Balaban J connectivity index is 1.25. The third-order valence-electron chi connectivity index (χ3n) is 9.37. The molecule has 47 heavy (non-hydrogen) atoms. The van der Waals surface area contributed by atoms with Crippen LogP contribution in [0, 0.1) is 11.3 Å². The Morgan fingerprint density at radius 2 is 1.96 bits per heavy atom. The van der Waals surface area contributed by atoms with Gasteiger partial charge in [0.2, 0.25) is 5.88 Å². The van der Waals surface area contributed by atoms with Crippen molar-refractivity contribution < 1.29 is 32.9 Å². The Hall–Kier alpha value is -3.56. The molecular formula is C32H40F3N7O4S. The molecule has 2 aliphatic heterocycles. The van der Waals surface area contributed by atoms with Crippen molar-refractivity contribution in [2.75, 3.05) is 42.6 Å². The van der Waals surface area contributed by atoms with E-state index in [0.29, 0.717) is 47.1 Å². The lowest BCUT2D eigenvalue weighted by atomic mass is 9.93. The van der Waals surface area contributed by atoms with E-state index >= 15 is 0 Å². The monoisotopic (exact) mass is 675 g/mol. The summed E-state index contributed by atoms with van der Waals surface area (Å²) in [5.74, 6) is 1.77. The van der Waals surface area contributed by atoms with Crippen molar-refractivity contribution >= 4 is 29.5 Å². The van der Waals surface area contributed by atoms with Gasteiger partial charge in [0.05, 0.1) is 30.3 Å². The number of nitrogens with one attached hydrogen (secondary N) is 1. The highest BCUT2D eigenvalue weighted by Crippen LogP contribution is 2.59. The maximum absolute atomic E-state index is 13.7. The molecule has 3 aromatic heterocycles. The number of pyridine rings is 2. The molecule has 1 saturated heterocycles. The van der Waals surface area contributed by atoms with Gasteiger partial charge in [0, 0.05) is 49.4 Å². The van der Waals surface area contributed by atoms with E-state index in [1.54, 1.807) is 30.5 Å². The van der Waals surface area contributed by atoms with Gasteiger partial charge in [-0.1, -0.05) is 6.07 Å². The summed E-state index contributed by atoms with van der Waals surface area (Å²) in [4.78, 5) is 27.4. The van der Waals surface area contributed by atoms with Crippen LogP contribution in [0.25, 0.3) is 5.82 Å². The number of hydrogen-bond donors (Lipinski definition) is 3. The van der Waals surface area contributed by atoms with Gasteiger partial charge in [-0.05, 0) is 82.6 Å². The number of aliphatic hydroxyl groups is 2. The number of rotatable bonds is 8. The second kappa shape index (κ2) is 13.2. The van der Waals surface area contributed by atoms with Gasteiger partial charge < -0.3 is 24.7 Å². The Bertz CT molecular complexity index is 1580. The van der Waals surface area contributed by atoms with Gasteiger partial charge in [0.25, 0.3) is 5.91 Å². The van der Waals surface area contributed by atoms with Crippen molar-refractivity contribution in [1.29, 1.82) is 0 Å². The number of anilines is 2. The van der Waals surface area contributed by atoms with Gasteiger partial charge in [-0.3, -0.25) is 9.52 Å². The molecule has 11 nitrogen and oxygen atoms in total. The lowest BCUT2D eigenvalue weighted by Crippen LogP contribution is -2.40. The van der Waals surface area contributed by atoms with E-state index in [-0.39, 0.29) is 56.3 Å². The molecule has 1 aliphatic carbocycles. The molecule has 5 heterocycles. The minimum absolute atomic E-state index is 0.0904. The summed E-state index contributed by atoms with van der Waals surface area (Å²) >= 11 is 1.08. The molecule has 3 aromatic rings. The molecule has 15 heteroatoms. The number of carbonyl (C=O) groups excluding carboxylic acids is 1. The largest absolute Gasteiger partial charge is 0.477 e. The zero-order chi connectivity index (χ0) is 33.4. The minimum atomic E-state index is -4.23. The van der Waals surface area contributed by atoms with Crippen molar-refractivity contribution in [2.24, 2.45) is 11.3 Å². The van der Waals surface area contributed by atoms with Crippen molar-refractivity contribution in [3.8, 4) is 11.7 Å². The molecule has 254 valence electrons. The molecule has 2 fully saturated rings.